The number of aliphatic hydroxyl groups excluding tert-OH is 2. The van der Waals surface area contributed by atoms with E-state index in [-0.39, 0.29) is 36.8 Å². The molecule has 1 aliphatic heterocycles. The Morgan fingerprint density at radius 2 is 1.92 bits per heavy atom. The molecule has 1 saturated heterocycles. The monoisotopic (exact) mass is 356 g/mol. The molecule has 0 aromatic rings. The molecule has 2 rings (SSSR count). The Balaban J connectivity index is 1.69. The van der Waals surface area contributed by atoms with Gasteiger partial charge in [-0.15, -0.1) is 0 Å². The molecule has 0 spiro atoms. The SMILES string of the molecule is CCCCC[C@H](O)CCC1[C@H](O)C[C@@H]2OC(CCCCC(=O)O)C[C@H]12. The molecule has 2 aliphatic rings. The van der Waals surface area contributed by atoms with Gasteiger partial charge in [-0.05, 0) is 50.4 Å². The van der Waals surface area contributed by atoms with Crippen LogP contribution in [0.3, 0.4) is 0 Å². The van der Waals surface area contributed by atoms with Crippen molar-refractivity contribution in [1.82, 2.24) is 0 Å². The summed E-state index contributed by atoms with van der Waals surface area (Å²) in [5.41, 5.74) is 0. The topological polar surface area (TPSA) is 87.0 Å². The van der Waals surface area contributed by atoms with Crippen LogP contribution in [-0.4, -0.2) is 45.7 Å². The van der Waals surface area contributed by atoms with Crippen molar-refractivity contribution in [2.45, 2.75) is 108 Å². The molecule has 0 radical (unpaired) electrons. The third kappa shape index (κ3) is 6.54. The summed E-state index contributed by atoms with van der Waals surface area (Å²) >= 11 is 0. The summed E-state index contributed by atoms with van der Waals surface area (Å²) in [6.45, 7) is 2.17. The van der Waals surface area contributed by atoms with E-state index in [4.69, 9.17) is 9.84 Å². The third-order valence-corrected chi connectivity index (χ3v) is 6.04. The second-order valence-electron chi connectivity index (χ2n) is 8.03. The maximum absolute atomic E-state index is 10.6. The molecule has 0 bridgehead atoms. The normalized spacial score (nSPS) is 32.7. The van der Waals surface area contributed by atoms with Gasteiger partial charge < -0.3 is 20.1 Å². The Bertz CT molecular complexity index is 400. The van der Waals surface area contributed by atoms with E-state index in [0.717, 1.165) is 44.9 Å². The van der Waals surface area contributed by atoms with E-state index >= 15 is 0 Å². The van der Waals surface area contributed by atoms with E-state index in [1.807, 2.05) is 0 Å². The number of carboxylic acids is 1. The highest BCUT2D eigenvalue weighted by atomic mass is 16.5. The van der Waals surface area contributed by atoms with Gasteiger partial charge in [0.1, 0.15) is 0 Å². The van der Waals surface area contributed by atoms with Crippen molar-refractivity contribution in [2.75, 3.05) is 0 Å². The van der Waals surface area contributed by atoms with Crippen LogP contribution >= 0.6 is 0 Å². The Hall–Kier alpha value is -0.650. The number of hydrogen-bond donors (Lipinski definition) is 3. The number of ether oxygens (including phenoxy) is 1. The molecule has 0 aromatic carbocycles. The van der Waals surface area contributed by atoms with Gasteiger partial charge in [0.25, 0.3) is 0 Å². The Kier molecular flexibility index (Phi) is 8.67. The fourth-order valence-electron chi connectivity index (χ4n) is 4.64. The fourth-order valence-corrected chi connectivity index (χ4v) is 4.64. The molecular formula is C20H36O5. The molecule has 0 amide bonds. The molecule has 146 valence electrons. The number of aliphatic carboxylic acids is 1. The second kappa shape index (κ2) is 10.5. The molecule has 5 nitrogen and oxygen atoms in total. The number of aliphatic hydroxyl groups is 2. The molecule has 2 unspecified atom stereocenters. The number of carbonyl (C=O) groups is 1. The molecule has 6 atom stereocenters. The Morgan fingerprint density at radius 1 is 1.12 bits per heavy atom. The number of rotatable bonds is 12. The molecule has 1 heterocycles. The van der Waals surface area contributed by atoms with E-state index in [2.05, 4.69) is 6.92 Å². The van der Waals surface area contributed by atoms with Gasteiger partial charge in [-0.25, -0.2) is 0 Å². The Morgan fingerprint density at radius 3 is 2.64 bits per heavy atom. The van der Waals surface area contributed by atoms with E-state index in [9.17, 15) is 15.0 Å². The van der Waals surface area contributed by atoms with Gasteiger partial charge in [-0.3, -0.25) is 4.79 Å². The molecule has 1 saturated carbocycles. The first-order valence-corrected chi connectivity index (χ1v) is 10.2. The summed E-state index contributed by atoms with van der Waals surface area (Å²) in [7, 11) is 0. The van der Waals surface area contributed by atoms with Crippen LogP contribution in [0.5, 0.6) is 0 Å². The zero-order chi connectivity index (χ0) is 18.2. The maximum atomic E-state index is 10.6. The van der Waals surface area contributed by atoms with Gasteiger partial charge in [-0.2, -0.15) is 0 Å². The van der Waals surface area contributed by atoms with E-state index < -0.39 is 5.97 Å². The summed E-state index contributed by atoms with van der Waals surface area (Å²) in [4.78, 5) is 10.6. The van der Waals surface area contributed by atoms with Crippen LogP contribution in [0.1, 0.15) is 84.0 Å². The van der Waals surface area contributed by atoms with Crippen LogP contribution < -0.4 is 0 Å². The first kappa shape index (κ1) is 20.7. The third-order valence-electron chi connectivity index (χ3n) is 6.04. The number of fused-ring (bicyclic) bond motifs is 1. The first-order valence-electron chi connectivity index (χ1n) is 10.2. The molecule has 25 heavy (non-hydrogen) atoms. The minimum Gasteiger partial charge on any atom is -0.481 e. The van der Waals surface area contributed by atoms with Crippen molar-refractivity contribution in [1.29, 1.82) is 0 Å². The van der Waals surface area contributed by atoms with Crippen molar-refractivity contribution in [2.24, 2.45) is 11.8 Å². The van der Waals surface area contributed by atoms with Crippen molar-refractivity contribution in [3.8, 4) is 0 Å². The van der Waals surface area contributed by atoms with Gasteiger partial charge in [-0.1, -0.05) is 32.6 Å². The summed E-state index contributed by atoms with van der Waals surface area (Å²) < 4.78 is 6.11. The van der Waals surface area contributed by atoms with Crippen LogP contribution in [0.25, 0.3) is 0 Å². The lowest BCUT2D eigenvalue weighted by Crippen LogP contribution is -2.22. The van der Waals surface area contributed by atoms with Crippen molar-refractivity contribution < 1.29 is 24.9 Å². The molecular weight excluding hydrogens is 320 g/mol. The smallest absolute Gasteiger partial charge is 0.303 e. The predicted octanol–water partition coefficient (Wildman–Crippen LogP) is 3.51. The average Bonchev–Trinajstić information content (AvgIpc) is 3.06. The minimum atomic E-state index is -0.732. The zero-order valence-corrected chi connectivity index (χ0v) is 15.6. The lowest BCUT2D eigenvalue weighted by Gasteiger charge is -2.22. The standard InChI is InChI=1S/C20H36O5/c1-2-3-4-7-14(21)10-11-16-17-12-15(8-5-6-9-20(23)24)25-19(17)13-18(16)22/h14-19,21-22H,2-13H2,1H3,(H,23,24)/t14-,15?,16?,17+,18+,19-/m0/s1. The van der Waals surface area contributed by atoms with Crippen LogP contribution in [0.15, 0.2) is 0 Å². The van der Waals surface area contributed by atoms with Gasteiger partial charge in [0.05, 0.1) is 24.4 Å². The molecule has 5 heteroatoms. The summed E-state index contributed by atoms with van der Waals surface area (Å²) in [6.07, 6.45) is 10.2. The van der Waals surface area contributed by atoms with E-state index in [0.29, 0.717) is 18.8 Å². The quantitative estimate of drug-likeness (QED) is 0.466. The first-order chi connectivity index (χ1) is 12.0. The van der Waals surface area contributed by atoms with Crippen LogP contribution in [0.4, 0.5) is 0 Å². The average molecular weight is 357 g/mol. The van der Waals surface area contributed by atoms with Gasteiger partial charge in [0.2, 0.25) is 0 Å². The molecule has 3 N–H and O–H groups in total. The predicted molar refractivity (Wildman–Crippen MR) is 96.4 cm³/mol. The highest BCUT2D eigenvalue weighted by Crippen LogP contribution is 2.46. The lowest BCUT2D eigenvalue weighted by atomic mass is 9.85. The largest absolute Gasteiger partial charge is 0.481 e. The highest BCUT2D eigenvalue weighted by Gasteiger charge is 2.48. The van der Waals surface area contributed by atoms with E-state index in [1.54, 1.807) is 0 Å². The molecule has 0 aromatic heterocycles. The molecule has 2 fully saturated rings. The lowest BCUT2D eigenvalue weighted by molar-refractivity contribution is -0.137. The van der Waals surface area contributed by atoms with E-state index in [1.165, 1.54) is 12.8 Å². The van der Waals surface area contributed by atoms with Crippen LogP contribution in [-0.2, 0) is 9.53 Å². The molecule has 1 aliphatic carbocycles. The summed E-state index contributed by atoms with van der Waals surface area (Å²) in [5.74, 6) is -0.0814. The number of unbranched alkanes of at least 4 members (excludes halogenated alkanes) is 3. The number of carboxylic acid groups (broad SMARTS) is 1. The fraction of sp³-hybridized carbons (Fsp3) is 0.950. The van der Waals surface area contributed by atoms with Gasteiger partial charge in [0, 0.05) is 12.8 Å². The number of hydrogen-bond acceptors (Lipinski definition) is 4. The minimum absolute atomic E-state index is 0.154. The van der Waals surface area contributed by atoms with Crippen LogP contribution in [0, 0.1) is 11.8 Å². The Labute approximate surface area is 151 Å². The zero-order valence-electron chi connectivity index (χ0n) is 15.6. The van der Waals surface area contributed by atoms with Gasteiger partial charge in [0.15, 0.2) is 0 Å². The van der Waals surface area contributed by atoms with Crippen LogP contribution in [0.2, 0.25) is 0 Å². The van der Waals surface area contributed by atoms with Crippen molar-refractivity contribution in [3.05, 3.63) is 0 Å². The van der Waals surface area contributed by atoms with Crippen molar-refractivity contribution in [3.63, 3.8) is 0 Å². The summed E-state index contributed by atoms with van der Waals surface area (Å²) in [5, 5.41) is 29.2. The second-order valence-corrected chi connectivity index (χ2v) is 8.03. The van der Waals surface area contributed by atoms with Gasteiger partial charge >= 0.3 is 5.97 Å². The summed E-state index contributed by atoms with van der Waals surface area (Å²) in [6, 6.07) is 0. The highest BCUT2D eigenvalue weighted by molar-refractivity contribution is 5.66. The maximum Gasteiger partial charge on any atom is 0.303 e. The van der Waals surface area contributed by atoms with Crippen molar-refractivity contribution >= 4 is 5.97 Å².